The van der Waals surface area contributed by atoms with Gasteiger partial charge in [0.2, 0.25) is 0 Å². The summed E-state index contributed by atoms with van der Waals surface area (Å²) in [5, 5.41) is 0. The highest BCUT2D eigenvalue weighted by Gasteiger charge is 2.18. The molecule has 2 heteroatoms. The van der Waals surface area contributed by atoms with Crippen LogP contribution in [0.3, 0.4) is 0 Å². The Morgan fingerprint density at radius 3 is 2.06 bits per heavy atom. The van der Waals surface area contributed by atoms with E-state index in [1.165, 1.54) is 22.3 Å². The van der Waals surface area contributed by atoms with Gasteiger partial charge in [-0.15, -0.1) is 0 Å². The Balaban J connectivity index is 3.19. The molecule has 1 atom stereocenters. The van der Waals surface area contributed by atoms with Gasteiger partial charge in [-0.25, -0.2) is 0 Å². The van der Waals surface area contributed by atoms with Gasteiger partial charge in [-0.1, -0.05) is 24.6 Å². The maximum atomic E-state index is 5.92. The monoisotopic (exact) mass is 220 g/mol. The van der Waals surface area contributed by atoms with Crippen molar-refractivity contribution in [1.29, 1.82) is 0 Å². The van der Waals surface area contributed by atoms with Gasteiger partial charge in [0.25, 0.3) is 0 Å². The third-order valence-electron chi connectivity index (χ3n) is 3.33. The third-order valence-corrected chi connectivity index (χ3v) is 3.33. The number of aryl methyl sites for hydroxylation is 3. The Morgan fingerprint density at radius 1 is 1.19 bits per heavy atom. The molecule has 0 aliphatic heterocycles. The van der Waals surface area contributed by atoms with Gasteiger partial charge in [0.15, 0.2) is 0 Å². The van der Waals surface area contributed by atoms with Crippen LogP contribution in [0.1, 0.15) is 35.2 Å². The van der Waals surface area contributed by atoms with Crippen molar-refractivity contribution in [3.63, 3.8) is 0 Å². The van der Waals surface area contributed by atoms with E-state index in [2.05, 4.69) is 51.8 Å². The highest BCUT2D eigenvalue weighted by atomic mass is 15.1. The fourth-order valence-corrected chi connectivity index (χ4v) is 2.46. The van der Waals surface area contributed by atoms with Gasteiger partial charge in [0, 0.05) is 12.6 Å². The van der Waals surface area contributed by atoms with E-state index in [1.54, 1.807) is 0 Å². The molecule has 0 bridgehead atoms. The van der Waals surface area contributed by atoms with Crippen LogP contribution in [0.25, 0.3) is 0 Å². The van der Waals surface area contributed by atoms with Gasteiger partial charge < -0.3 is 5.73 Å². The molecule has 2 N–H and O–H groups in total. The summed E-state index contributed by atoms with van der Waals surface area (Å²) < 4.78 is 0. The largest absolute Gasteiger partial charge is 0.329 e. The number of nitrogens with zero attached hydrogens (tertiary/aromatic N) is 1. The van der Waals surface area contributed by atoms with Crippen molar-refractivity contribution in [2.75, 3.05) is 20.1 Å². The number of hydrogen-bond acceptors (Lipinski definition) is 2. The minimum Gasteiger partial charge on any atom is -0.329 e. The van der Waals surface area contributed by atoms with Crippen LogP contribution in [0.15, 0.2) is 12.1 Å². The zero-order valence-electron chi connectivity index (χ0n) is 11.2. The topological polar surface area (TPSA) is 29.3 Å². The van der Waals surface area contributed by atoms with E-state index in [-0.39, 0.29) is 0 Å². The second-order valence-electron chi connectivity index (χ2n) is 4.64. The van der Waals surface area contributed by atoms with Crippen molar-refractivity contribution in [3.05, 3.63) is 34.4 Å². The van der Waals surface area contributed by atoms with Gasteiger partial charge in [0.05, 0.1) is 0 Å². The molecule has 0 aliphatic rings. The Bertz CT molecular complexity index is 335. The predicted molar refractivity (Wildman–Crippen MR) is 70.8 cm³/mol. The summed E-state index contributed by atoms with van der Waals surface area (Å²) in [5.74, 6) is 0. The number of rotatable bonds is 4. The molecule has 0 saturated carbocycles. The lowest BCUT2D eigenvalue weighted by Gasteiger charge is -2.29. The fraction of sp³-hybridized carbons (Fsp3) is 0.571. The van der Waals surface area contributed by atoms with Crippen molar-refractivity contribution < 1.29 is 0 Å². The first-order chi connectivity index (χ1) is 7.51. The van der Waals surface area contributed by atoms with Gasteiger partial charge in [-0.3, -0.25) is 4.90 Å². The first-order valence-corrected chi connectivity index (χ1v) is 5.99. The molecule has 0 spiro atoms. The Morgan fingerprint density at radius 2 is 1.69 bits per heavy atom. The van der Waals surface area contributed by atoms with E-state index in [9.17, 15) is 0 Å². The molecular weight excluding hydrogens is 196 g/mol. The Labute approximate surface area is 99.5 Å². The van der Waals surface area contributed by atoms with Crippen LogP contribution in [0.5, 0.6) is 0 Å². The van der Waals surface area contributed by atoms with Crippen LogP contribution in [-0.2, 0) is 0 Å². The average molecular weight is 220 g/mol. The van der Waals surface area contributed by atoms with E-state index in [0.29, 0.717) is 12.6 Å². The molecule has 0 amide bonds. The minimum atomic E-state index is 0.339. The third kappa shape index (κ3) is 2.63. The molecule has 0 heterocycles. The lowest BCUT2D eigenvalue weighted by Crippen LogP contribution is -2.31. The van der Waals surface area contributed by atoms with Gasteiger partial charge in [-0.2, -0.15) is 0 Å². The molecule has 2 nitrogen and oxygen atoms in total. The maximum absolute atomic E-state index is 5.92. The Hall–Kier alpha value is -0.860. The molecule has 0 aliphatic carbocycles. The minimum absolute atomic E-state index is 0.339. The molecule has 0 saturated heterocycles. The predicted octanol–water partition coefficient (Wildman–Crippen LogP) is 2.56. The smallest absolute Gasteiger partial charge is 0.0472 e. The first kappa shape index (κ1) is 13.2. The normalized spacial score (nSPS) is 13.2. The molecule has 0 fully saturated rings. The van der Waals surface area contributed by atoms with Gasteiger partial charge in [-0.05, 0) is 51.1 Å². The quantitative estimate of drug-likeness (QED) is 0.845. The molecule has 16 heavy (non-hydrogen) atoms. The second kappa shape index (κ2) is 5.46. The van der Waals surface area contributed by atoms with Crippen LogP contribution in [0.2, 0.25) is 0 Å². The summed E-state index contributed by atoms with van der Waals surface area (Å²) in [4.78, 5) is 2.31. The van der Waals surface area contributed by atoms with E-state index < -0.39 is 0 Å². The summed E-state index contributed by atoms with van der Waals surface area (Å²) in [5.41, 5.74) is 11.4. The lowest BCUT2D eigenvalue weighted by molar-refractivity contribution is 0.262. The molecule has 90 valence electrons. The van der Waals surface area contributed by atoms with E-state index in [1.807, 2.05) is 0 Å². The Kier molecular flexibility index (Phi) is 4.51. The van der Waals surface area contributed by atoms with Crippen molar-refractivity contribution in [3.8, 4) is 0 Å². The average Bonchev–Trinajstić information content (AvgIpc) is 2.22. The van der Waals surface area contributed by atoms with Crippen molar-refractivity contribution in [1.82, 2.24) is 4.90 Å². The molecule has 0 radical (unpaired) electrons. The van der Waals surface area contributed by atoms with E-state index >= 15 is 0 Å². The van der Waals surface area contributed by atoms with Crippen LogP contribution >= 0.6 is 0 Å². The second-order valence-corrected chi connectivity index (χ2v) is 4.64. The summed E-state index contributed by atoms with van der Waals surface area (Å²) in [6.07, 6.45) is 0. The van der Waals surface area contributed by atoms with Crippen LogP contribution in [0.4, 0.5) is 0 Å². The highest BCUT2D eigenvalue weighted by molar-refractivity contribution is 5.39. The van der Waals surface area contributed by atoms with Crippen LogP contribution in [0, 0.1) is 20.8 Å². The van der Waals surface area contributed by atoms with E-state index in [0.717, 1.165) is 6.54 Å². The molecular formula is C14H24N2. The maximum Gasteiger partial charge on any atom is 0.0472 e. The molecule has 1 rings (SSSR count). The summed E-state index contributed by atoms with van der Waals surface area (Å²) in [6, 6.07) is 4.83. The lowest BCUT2D eigenvalue weighted by atomic mass is 9.93. The summed E-state index contributed by atoms with van der Waals surface area (Å²) in [6.45, 7) is 10.4. The van der Waals surface area contributed by atoms with Crippen molar-refractivity contribution in [2.45, 2.75) is 33.7 Å². The number of benzene rings is 1. The number of likely N-dealkylation sites (N-methyl/N-ethyl adjacent to an activating group) is 1. The van der Waals surface area contributed by atoms with Crippen molar-refractivity contribution >= 4 is 0 Å². The van der Waals surface area contributed by atoms with Crippen LogP contribution in [-0.4, -0.2) is 25.0 Å². The van der Waals surface area contributed by atoms with E-state index in [4.69, 9.17) is 5.73 Å². The number of hydrogen-bond donors (Lipinski definition) is 1. The molecule has 0 aromatic heterocycles. The van der Waals surface area contributed by atoms with Crippen molar-refractivity contribution in [2.24, 2.45) is 5.73 Å². The highest BCUT2D eigenvalue weighted by Crippen LogP contribution is 2.26. The number of nitrogens with two attached hydrogens (primary N) is 1. The summed E-state index contributed by atoms with van der Waals surface area (Å²) >= 11 is 0. The fourth-order valence-electron chi connectivity index (χ4n) is 2.46. The zero-order chi connectivity index (χ0) is 12.3. The standard InChI is InChI=1S/C14H24N2/c1-6-16(5)13(9-15)14-11(3)7-10(2)8-12(14)4/h7-8,13H,6,9,15H2,1-5H3. The SMILES string of the molecule is CCN(C)C(CN)c1c(C)cc(C)cc1C. The molecule has 1 aromatic rings. The summed E-state index contributed by atoms with van der Waals surface area (Å²) in [7, 11) is 2.14. The van der Waals surface area contributed by atoms with Crippen LogP contribution < -0.4 is 5.73 Å². The molecule has 1 unspecified atom stereocenters. The van der Waals surface area contributed by atoms with Gasteiger partial charge >= 0.3 is 0 Å². The first-order valence-electron chi connectivity index (χ1n) is 5.99. The molecule has 1 aromatic carbocycles. The van der Waals surface area contributed by atoms with Gasteiger partial charge in [0.1, 0.15) is 0 Å². The zero-order valence-corrected chi connectivity index (χ0v) is 11.2.